The fourth-order valence-corrected chi connectivity index (χ4v) is 4.68. The number of carboxylic acids is 1. The number of likely N-dealkylation sites (N-methyl/N-ethyl adjacent to an activating group) is 1. The number of aliphatic carboxylic acids is 1. The van der Waals surface area contributed by atoms with Crippen molar-refractivity contribution in [3.8, 4) is 11.1 Å². The summed E-state index contributed by atoms with van der Waals surface area (Å²) in [6, 6.07) is 12.3. The number of pyridine rings is 2. The van der Waals surface area contributed by atoms with E-state index in [1.807, 2.05) is 26.1 Å². The average Bonchev–Trinajstić information content (AvgIpc) is 2.87. The van der Waals surface area contributed by atoms with Crippen LogP contribution in [0.2, 0.25) is 0 Å². The zero-order chi connectivity index (χ0) is 30.7. The molecular weight excluding hydrogens is 546 g/mol. The molecule has 1 atom stereocenters. The second kappa shape index (κ2) is 15.5. The van der Waals surface area contributed by atoms with Crippen LogP contribution in [0, 0.1) is 24.4 Å². The highest BCUT2D eigenvalue weighted by Crippen LogP contribution is 2.30. The smallest absolute Gasteiger partial charge is 0.305 e. The summed E-state index contributed by atoms with van der Waals surface area (Å²) >= 11 is 5.26. The number of nitrogens with zero attached hydrogens (tertiary/aromatic N) is 3. The predicted octanol–water partition coefficient (Wildman–Crippen LogP) is 6.41. The van der Waals surface area contributed by atoms with Crippen molar-refractivity contribution in [1.82, 2.24) is 19.8 Å². The minimum atomic E-state index is -3.10. The molecule has 0 radical (unpaired) electrons. The van der Waals surface area contributed by atoms with Gasteiger partial charge in [-0.05, 0) is 75.2 Å². The lowest BCUT2D eigenvalue weighted by atomic mass is 9.97. The second-order valence-corrected chi connectivity index (χ2v) is 11.1. The number of carbonyl (C=O) groups excluding carboxylic acids is 1. The van der Waals surface area contributed by atoms with Gasteiger partial charge in [-0.2, -0.15) is 8.78 Å². The molecule has 0 bridgehead atoms. The molecule has 1 unspecified atom stereocenters. The molecule has 3 rings (SSSR count). The van der Waals surface area contributed by atoms with Gasteiger partial charge in [0.25, 0.3) is 5.92 Å². The van der Waals surface area contributed by atoms with Gasteiger partial charge >= 0.3 is 5.97 Å². The maximum atomic E-state index is 14.5. The van der Waals surface area contributed by atoms with Gasteiger partial charge in [-0.3, -0.25) is 14.6 Å². The predicted molar refractivity (Wildman–Crippen MR) is 161 cm³/mol. The van der Waals surface area contributed by atoms with E-state index in [1.54, 1.807) is 20.3 Å². The largest absolute Gasteiger partial charge is 0.481 e. The van der Waals surface area contributed by atoms with Gasteiger partial charge in [0.1, 0.15) is 10.7 Å². The van der Waals surface area contributed by atoms with Gasteiger partial charge in [0.2, 0.25) is 5.91 Å². The molecule has 0 fully saturated rings. The van der Waals surface area contributed by atoms with Gasteiger partial charge in [-0.25, -0.2) is 0 Å². The number of aryl methyl sites for hydroxylation is 2. The van der Waals surface area contributed by atoms with Crippen LogP contribution in [-0.4, -0.2) is 58.6 Å². The summed E-state index contributed by atoms with van der Waals surface area (Å²) in [5.41, 5.74) is 4.89. The third-order valence-corrected chi connectivity index (χ3v) is 6.62. The van der Waals surface area contributed by atoms with E-state index in [-0.39, 0.29) is 29.1 Å². The van der Waals surface area contributed by atoms with Crippen molar-refractivity contribution < 1.29 is 23.5 Å². The van der Waals surface area contributed by atoms with E-state index < -0.39 is 30.4 Å². The number of hydrogen-bond acceptors (Lipinski definition) is 5. The van der Waals surface area contributed by atoms with Crippen molar-refractivity contribution in [3.05, 3.63) is 82.4 Å². The van der Waals surface area contributed by atoms with E-state index in [9.17, 15) is 18.4 Å². The SMILES string of the molecule is CC(C)CC(C(=O)NCCC(=O)O)n1cc(C(F)(F)CN(C)C)ccc1=S.Cc1cccc(C)c1-c1cccnc1. The summed E-state index contributed by atoms with van der Waals surface area (Å²) in [6.45, 7) is 7.58. The number of carbonyl (C=O) groups is 2. The van der Waals surface area contributed by atoms with Crippen molar-refractivity contribution >= 4 is 24.1 Å². The molecule has 10 heteroatoms. The van der Waals surface area contributed by atoms with Crippen molar-refractivity contribution in [2.75, 3.05) is 27.2 Å². The first-order valence-electron chi connectivity index (χ1n) is 13.4. The highest BCUT2D eigenvalue weighted by Gasteiger charge is 2.33. The van der Waals surface area contributed by atoms with Crippen LogP contribution < -0.4 is 5.32 Å². The van der Waals surface area contributed by atoms with Crippen molar-refractivity contribution in [2.24, 2.45) is 5.92 Å². The lowest BCUT2D eigenvalue weighted by molar-refractivity contribution is -0.137. The molecule has 1 aromatic carbocycles. The molecule has 41 heavy (non-hydrogen) atoms. The molecule has 222 valence electrons. The van der Waals surface area contributed by atoms with Crippen molar-refractivity contribution in [3.63, 3.8) is 0 Å². The Hall–Kier alpha value is -3.50. The Balaban J connectivity index is 0.000000348. The van der Waals surface area contributed by atoms with Crippen LogP contribution >= 0.6 is 12.2 Å². The number of aromatic nitrogens is 2. The maximum Gasteiger partial charge on any atom is 0.305 e. The van der Waals surface area contributed by atoms with Gasteiger partial charge < -0.3 is 19.9 Å². The minimum Gasteiger partial charge on any atom is -0.481 e. The summed E-state index contributed by atoms with van der Waals surface area (Å²) in [7, 11) is 3.11. The fourth-order valence-electron chi connectivity index (χ4n) is 4.44. The highest BCUT2D eigenvalue weighted by molar-refractivity contribution is 7.71. The van der Waals surface area contributed by atoms with Crippen LogP contribution in [0.5, 0.6) is 0 Å². The van der Waals surface area contributed by atoms with Crippen LogP contribution in [0.4, 0.5) is 8.78 Å². The number of nitrogens with one attached hydrogen (secondary N) is 1. The quantitative estimate of drug-likeness (QED) is 0.252. The van der Waals surface area contributed by atoms with Crippen LogP contribution in [0.15, 0.2) is 61.1 Å². The van der Waals surface area contributed by atoms with Gasteiger partial charge in [0.15, 0.2) is 0 Å². The summed E-state index contributed by atoms with van der Waals surface area (Å²) in [5, 5.41) is 11.3. The molecular formula is C31H40F2N4O3S. The third kappa shape index (κ3) is 10.4. The van der Waals surface area contributed by atoms with Crippen LogP contribution in [0.3, 0.4) is 0 Å². The Morgan fingerprint density at radius 2 is 1.76 bits per heavy atom. The molecule has 0 aliphatic heterocycles. The average molecular weight is 587 g/mol. The molecule has 0 saturated heterocycles. The number of benzene rings is 1. The van der Waals surface area contributed by atoms with E-state index in [2.05, 4.69) is 48.4 Å². The molecule has 2 heterocycles. The molecule has 0 aliphatic carbocycles. The summed E-state index contributed by atoms with van der Waals surface area (Å²) in [4.78, 5) is 28.7. The zero-order valence-electron chi connectivity index (χ0n) is 24.5. The van der Waals surface area contributed by atoms with E-state index in [0.29, 0.717) is 6.42 Å². The van der Waals surface area contributed by atoms with Crippen LogP contribution in [-0.2, 0) is 15.5 Å². The summed E-state index contributed by atoms with van der Waals surface area (Å²) in [5.74, 6) is -4.46. The van der Waals surface area contributed by atoms with Crippen LogP contribution in [0.1, 0.15) is 49.4 Å². The normalized spacial score (nSPS) is 12.0. The number of carboxylic acid groups (broad SMARTS) is 1. The molecule has 0 saturated carbocycles. The molecule has 3 aromatic rings. The molecule has 1 amide bonds. The Labute approximate surface area is 246 Å². The van der Waals surface area contributed by atoms with E-state index in [0.717, 1.165) is 0 Å². The molecule has 2 N–H and O–H groups in total. The monoisotopic (exact) mass is 586 g/mol. The summed E-state index contributed by atoms with van der Waals surface area (Å²) in [6.07, 6.45) is 5.12. The van der Waals surface area contributed by atoms with E-state index >= 15 is 0 Å². The van der Waals surface area contributed by atoms with E-state index in [4.69, 9.17) is 17.3 Å². The lowest BCUT2D eigenvalue weighted by Crippen LogP contribution is -2.36. The first kappa shape index (κ1) is 33.7. The number of hydrogen-bond donors (Lipinski definition) is 2. The Morgan fingerprint density at radius 1 is 1.10 bits per heavy atom. The van der Waals surface area contributed by atoms with Gasteiger partial charge in [-0.15, -0.1) is 0 Å². The Kier molecular flexibility index (Phi) is 12.7. The maximum absolute atomic E-state index is 14.5. The van der Waals surface area contributed by atoms with Gasteiger partial charge in [-0.1, -0.05) is 50.3 Å². The molecule has 0 spiro atoms. The van der Waals surface area contributed by atoms with Crippen molar-refractivity contribution in [1.29, 1.82) is 0 Å². The summed E-state index contributed by atoms with van der Waals surface area (Å²) < 4.78 is 30.6. The van der Waals surface area contributed by atoms with Gasteiger partial charge in [0.05, 0.1) is 13.0 Å². The van der Waals surface area contributed by atoms with Crippen LogP contribution in [0.25, 0.3) is 11.1 Å². The number of alkyl halides is 2. The van der Waals surface area contributed by atoms with Crippen molar-refractivity contribution in [2.45, 2.75) is 52.5 Å². The molecule has 2 aromatic heterocycles. The molecule has 0 aliphatic rings. The standard InChI is InChI=1S/C18H27F2N3O3S.C13H13N/c1-12(2)9-14(17(26)21-8-7-16(24)25)23-10-13(5-6-15(23)27)18(19,20)11-22(3)4;1-10-5-3-6-11(2)13(10)12-7-4-8-14-9-12/h5-6,10,12,14H,7-9,11H2,1-4H3,(H,21,26)(H,24,25);3-9H,1-2H3. The Morgan fingerprint density at radius 3 is 2.29 bits per heavy atom. The van der Waals surface area contributed by atoms with Gasteiger partial charge in [0, 0.05) is 36.3 Å². The number of rotatable bonds is 11. The first-order valence-corrected chi connectivity index (χ1v) is 13.8. The number of amides is 1. The topological polar surface area (TPSA) is 87.5 Å². The fraction of sp³-hybridized carbons (Fsp3) is 0.419. The highest BCUT2D eigenvalue weighted by atomic mass is 32.1. The number of halogens is 2. The molecule has 7 nitrogen and oxygen atoms in total. The second-order valence-electron chi connectivity index (χ2n) is 10.7. The third-order valence-electron chi connectivity index (χ3n) is 6.28. The van der Waals surface area contributed by atoms with E-state index in [1.165, 1.54) is 50.1 Å². The Bertz CT molecular complexity index is 1340. The minimum absolute atomic E-state index is 0.0352. The zero-order valence-corrected chi connectivity index (χ0v) is 25.3. The lowest BCUT2D eigenvalue weighted by Gasteiger charge is -2.25. The first-order chi connectivity index (χ1) is 19.2.